The summed E-state index contributed by atoms with van der Waals surface area (Å²) in [5.74, 6) is -2.05. The average Bonchev–Trinajstić information content (AvgIpc) is 3.04. The molecule has 0 aromatic heterocycles. The summed E-state index contributed by atoms with van der Waals surface area (Å²) >= 11 is 0. The molecule has 3 amide bonds. The predicted octanol–water partition coefficient (Wildman–Crippen LogP) is 3.12. The Bertz CT molecular complexity index is 940. The van der Waals surface area contributed by atoms with Gasteiger partial charge in [0.2, 0.25) is 0 Å². The Labute approximate surface area is 180 Å². The molecular formula is C23H24N2O6. The minimum atomic E-state index is -0.983. The van der Waals surface area contributed by atoms with Crippen molar-refractivity contribution in [3.63, 3.8) is 0 Å². The van der Waals surface area contributed by atoms with Crippen LogP contribution < -0.4 is 5.32 Å². The number of benzene rings is 2. The summed E-state index contributed by atoms with van der Waals surface area (Å²) in [6, 6.07) is 14.6. The molecule has 0 radical (unpaired) electrons. The van der Waals surface area contributed by atoms with Gasteiger partial charge in [-0.05, 0) is 23.6 Å². The maximum absolute atomic E-state index is 12.7. The summed E-state index contributed by atoms with van der Waals surface area (Å²) in [6.45, 7) is 3.18. The number of rotatable bonds is 8. The number of carbonyl (C=O) groups is 4. The minimum Gasteiger partial charge on any atom is -0.445 e. The third kappa shape index (κ3) is 5.09. The quantitative estimate of drug-likeness (QED) is 0.516. The van der Waals surface area contributed by atoms with Crippen molar-refractivity contribution < 1.29 is 28.7 Å². The van der Waals surface area contributed by atoms with E-state index in [4.69, 9.17) is 9.47 Å². The summed E-state index contributed by atoms with van der Waals surface area (Å²) in [6.07, 6.45) is -0.169. The molecule has 1 aliphatic rings. The lowest BCUT2D eigenvalue weighted by atomic mass is 9.99. The first-order valence-electron chi connectivity index (χ1n) is 10.0. The van der Waals surface area contributed by atoms with E-state index < -0.39 is 36.6 Å². The fourth-order valence-electron chi connectivity index (χ4n) is 3.14. The van der Waals surface area contributed by atoms with E-state index in [1.54, 1.807) is 31.2 Å². The fourth-order valence-corrected chi connectivity index (χ4v) is 3.14. The summed E-state index contributed by atoms with van der Waals surface area (Å²) in [5.41, 5.74) is 1.35. The summed E-state index contributed by atoms with van der Waals surface area (Å²) in [5, 5.41) is 2.53. The monoisotopic (exact) mass is 424 g/mol. The highest BCUT2D eigenvalue weighted by Gasteiger charge is 2.37. The first-order chi connectivity index (χ1) is 14.9. The zero-order valence-electron chi connectivity index (χ0n) is 17.4. The van der Waals surface area contributed by atoms with Gasteiger partial charge in [-0.3, -0.25) is 9.59 Å². The molecule has 8 heteroatoms. The molecule has 2 atom stereocenters. The Morgan fingerprint density at radius 1 is 0.935 bits per heavy atom. The van der Waals surface area contributed by atoms with Crippen molar-refractivity contribution in [2.24, 2.45) is 5.92 Å². The van der Waals surface area contributed by atoms with Crippen LogP contribution in [0.5, 0.6) is 0 Å². The Morgan fingerprint density at radius 2 is 1.52 bits per heavy atom. The van der Waals surface area contributed by atoms with Crippen molar-refractivity contribution in [1.82, 2.24) is 10.2 Å². The first kappa shape index (κ1) is 22.0. The minimum absolute atomic E-state index is 0.0595. The number of alkyl carbamates (subject to hydrolysis) is 1. The van der Waals surface area contributed by atoms with Crippen LogP contribution in [0.4, 0.5) is 4.79 Å². The van der Waals surface area contributed by atoms with Gasteiger partial charge in [0, 0.05) is 0 Å². The molecule has 0 saturated heterocycles. The number of esters is 1. The second kappa shape index (κ2) is 9.88. The predicted molar refractivity (Wildman–Crippen MR) is 111 cm³/mol. The van der Waals surface area contributed by atoms with Gasteiger partial charge in [-0.1, -0.05) is 62.7 Å². The molecule has 1 N–H and O–H groups in total. The van der Waals surface area contributed by atoms with E-state index in [1.165, 1.54) is 0 Å². The van der Waals surface area contributed by atoms with Crippen LogP contribution in [-0.2, 0) is 20.9 Å². The van der Waals surface area contributed by atoms with E-state index in [0.29, 0.717) is 6.42 Å². The zero-order valence-corrected chi connectivity index (χ0v) is 17.4. The van der Waals surface area contributed by atoms with Crippen molar-refractivity contribution in [1.29, 1.82) is 0 Å². The average molecular weight is 424 g/mol. The molecule has 8 nitrogen and oxygen atoms in total. The van der Waals surface area contributed by atoms with Crippen LogP contribution in [0.3, 0.4) is 0 Å². The molecule has 0 bridgehead atoms. The molecule has 3 rings (SSSR count). The molecule has 0 fully saturated rings. The van der Waals surface area contributed by atoms with Crippen molar-refractivity contribution in [3.8, 4) is 0 Å². The summed E-state index contributed by atoms with van der Waals surface area (Å²) in [7, 11) is 0. The van der Waals surface area contributed by atoms with E-state index in [-0.39, 0.29) is 23.7 Å². The molecule has 2 aromatic rings. The van der Waals surface area contributed by atoms with Crippen molar-refractivity contribution in [2.75, 3.05) is 6.73 Å². The highest BCUT2D eigenvalue weighted by molar-refractivity contribution is 6.21. The van der Waals surface area contributed by atoms with E-state index in [2.05, 4.69) is 5.32 Å². The lowest BCUT2D eigenvalue weighted by molar-refractivity contribution is -0.150. The zero-order chi connectivity index (χ0) is 22.4. The number of amides is 3. The Morgan fingerprint density at radius 3 is 2.10 bits per heavy atom. The van der Waals surface area contributed by atoms with Crippen LogP contribution in [0.2, 0.25) is 0 Å². The Hall–Kier alpha value is -3.68. The second-order valence-electron chi connectivity index (χ2n) is 7.25. The Balaban J connectivity index is 1.58. The number of nitrogens with one attached hydrogen (secondary N) is 1. The van der Waals surface area contributed by atoms with Gasteiger partial charge >= 0.3 is 12.1 Å². The third-order valence-electron chi connectivity index (χ3n) is 5.17. The van der Waals surface area contributed by atoms with Crippen LogP contribution in [0.15, 0.2) is 54.6 Å². The molecule has 2 aromatic carbocycles. The van der Waals surface area contributed by atoms with Gasteiger partial charge in [0.25, 0.3) is 11.8 Å². The summed E-state index contributed by atoms with van der Waals surface area (Å²) in [4.78, 5) is 50.5. The van der Waals surface area contributed by atoms with E-state index >= 15 is 0 Å². The molecule has 0 aliphatic carbocycles. The van der Waals surface area contributed by atoms with E-state index in [0.717, 1.165) is 10.5 Å². The number of imide groups is 1. The van der Waals surface area contributed by atoms with Gasteiger partial charge < -0.3 is 14.8 Å². The van der Waals surface area contributed by atoms with Crippen LogP contribution in [-0.4, -0.2) is 41.5 Å². The van der Waals surface area contributed by atoms with Gasteiger partial charge in [0.15, 0.2) is 6.73 Å². The largest absolute Gasteiger partial charge is 0.445 e. The summed E-state index contributed by atoms with van der Waals surface area (Å²) < 4.78 is 10.4. The smallest absolute Gasteiger partial charge is 0.408 e. The van der Waals surface area contributed by atoms with Crippen molar-refractivity contribution in [2.45, 2.75) is 32.9 Å². The number of ether oxygens (including phenoxy) is 2. The maximum atomic E-state index is 12.7. The van der Waals surface area contributed by atoms with Crippen LogP contribution in [0.25, 0.3) is 0 Å². The molecule has 0 unspecified atom stereocenters. The topological polar surface area (TPSA) is 102 Å². The lowest BCUT2D eigenvalue weighted by Crippen LogP contribution is -2.47. The number of nitrogens with zero attached hydrogens (tertiary/aromatic N) is 1. The molecule has 0 saturated carbocycles. The van der Waals surface area contributed by atoms with Gasteiger partial charge in [-0.2, -0.15) is 0 Å². The number of fused-ring (bicyclic) bond motifs is 1. The standard InChI is InChI=1S/C23H24N2O6/c1-3-15(2)19(24-23(29)30-13-16-9-5-4-6-10-16)22(28)31-14-25-20(26)17-11-7-8-12-18(17)21(25)27/h4-12,15,19H,3,13-14H2,1-2H3,(H,24,29)/t15-,19+/m0/s1. The van der Waals surface area contributed by atoms with Gasteiger partial charge in [0.1, 0.15) is 12.6 Å². The lowest BCUT2D eigenvalue weighted by Gasteiger charge is -2.23. The van der Waals surface area contributed by atoms with Crippen molar-refractivity contribution in [3.05, 3.63) is 71.3 Å². The van der Waals surface area contributed by atoms with Gasteiger partial charge in [-0.25, -0.2) is 14.5 Å². The fraction of sp³-hybridized carbons (Fsp3) is 0.304. The SMILES string of the molecule is CC[C@H](C)[C@@H](NC(=O)OCc1ccccc1)C(=O)OCN1C(=O)c2ccccc2C1=O. The molecule has 1 aliphatic heterocycles. The number of carbonyl (C=O) groups excluding carboxylic acids is 4. The molecule has 31 heavy (non-hydrogen) atoms. The van der Waals surface area contributed by atoms with Crippen LogP contribution >= 0.6 is 0 Å². The normalized spacial score (nSPS) is 14.6. The first-order valence-corrected chi connectivity index (χ1v) is 10.0. The van der Waals surface area contributed by atoms with Crippen LogP contribution in [0.1, 0.15) is 46.5 Å². The Kier molecular flexibility index (Phi) is 7.02. The highest BCUT2D eigenvalue weighted by Crippen LogP contribution is 2.22. The van der Waals surface area contributed by atoms with E-state index in [9.17, 15) is 19.2 Å². The van der Waals surface area contributed by atoms with Gasteiger partial charge in [0.05, 0.1) is 11.1 Å². The number of hydrogen-bond donors (Lipinski definition) is 1. The molecule has 0 spiro atoms. The maximum Gasteiger partial charge on any atom is 0.408 e. The second-order valence-corrected chi connectivity index (χ2v) is 7.25. The van der Waals surface area contributed by atoms with Crippen molar-refractivity contribution >= 4 is 23.9 Å². The molecule has 1 heterocycles. The van der Waals surface area contributed by atoms with Crippen LogP contribution in [0, 0.1) is 5.92 Å². The van der Waals surface area contributed by atoms with Gasteiger partial charge in [-0.15, -0.1) is 0 Å². The third-order valence-corrected chi connectivity index (χ3v) is 5.17. The number of hydrogen-bond acceptors (Lipinski definition) is 6. The highest BCUT2D eigenvalue weighted by atomic mass is 16.6. The molecule has 162 valence electrons. The van der Waals surface area contributed by atoms with E-state index in [1.807, 2.05) is 37.3 Å². The molecular weight excluding hydrogens is 400 g/mol.